The molecule has 0 unspecified atom stereocenters. The number of hydrogen-bond acceptors (Lipinski definition) is 7. The molecule has 0 aliphatic carbocycles. The van der Waals surface area contributed by atoms with E-state index in [1.165, 1.54) is 29.7 Å². The molecular formula is C14H16N6O3S. The van der Waals surface area contributed by atoms with Gasteiger partial charge in [0.05, 0.1) is 10.9 Å². The smallest absolute Gasteiger partial charge is 0.280 e. The molecule has 3 heterocycles. The lowest BCUT2D eigenvalue weighted by Gasteiger charge is -2.12. The van der Waals surface area contributed by atoms with Crippen LogP contribution in [0.3, 0.4) is 0 Å². The number of ether oxygens (including phenoxy) is 1. The van der Waals surface area contributed by atoms with Crippen LogP contribution in [0.1, 0.15) is 12.6 Å². The molecule has 126 valence electrons. The van der Waals surface area contributed by atoms with Crippen LogP contribution in [0.5, 0.6) is 0 Å². The summed E-state index contributed by atoms with van der Waals surface area (Å²) >= 11 is 1.50. The van der Waals surface area contributed by atoms with Gasteiger partial charge in [-0.05, 0) is 18.7 Å². The number of pyridine rings is 1. The number of thioether (sulfide) groups is 1. The molecule has 10 heteroatoms. The van der Waals surface area contributed by atoms with E-state index >= 15 is 0 Å². The molecule has 0 aliphatic heterocycles. The van der Waals surface area contributed by atoms with E-state index in [1.807, 2.05) is 6.92 Å². The first-order valence-electron chi connectivity index (χ1n) is 7.25. The number of amides is 1. The maximum Gasteiger partial charge on any atom is 0.280 e. The number of aromatic nitrogens is 5. The van der Waals surface area contributed by atoms with Crippen molar-refractivity contribution in [1.82, 2.24) is 24.3 Å². The Labute approximate surface area is 141 Å². The second-order valence-electron chi connectivity index (χ2n) is 4.99. The standard InChI is InChI=1S/C14H16N6O3S/c1-4-24-14-16-13-15-6-9-10(20(13)18-14)5-8(2)19(12(9)22)17-11(21)7-23-3/h5-6H,4,7H2,1-3H3,(H,17,21). The number of fused-ring (bicyclic) bond motifs is 3. The molecular weight excluding hydrogens is 332 g/mol. The highest BCUT2D eigenvalue weighted by Crippen LogP contribution is 2.17. The zero-order valence-corrected chi connectivity index (χ0v) is 14.3. The van der Waals surface area contributed by atoms with Gasteiger partial charge < -0.3 is 4.74 Å². The molecule has 0 aliphatic rings. The fraction of sp³-hybridized carbons (Fsp3) is 0.357. The molecule has 24 heavy (non-hydrogen) atoms. The van der Waals surface area contributed by atoms with Crippen molar-refractivity contribution in [3.8, 4) is 0 Å². The highest BCUT2D eigenvalue weighted by Gasteiger charge is 2.14. The topological polar surface area (TPSA) is 103 Å². The second-order valence-corrected chi connectivity index (χ2v) is 6.22. The summed E-state index contributed by atoms with van der Waals surface area (Å²) in [5.41, 5.74) is 3.28. The number of carbonyl (C=O) groups excluding carboxylic acids is 1. The van der Waals surface area contributed by atoms with Gasteiger partial charge in [0.25, 0.3) is 17.2 Å². The van der Waals surface area contributed by atoms with Crippen molar-refractivity contribution in [3.63, 3.8) is 0 Å². The van der Waals surface area contributed by atoms with Crippen molar-refractivity contribution >= 4 is 34.3 Å². The molecule has 0 saturated heterocycles. The fourth-order valence-corrected chi connectivity index (χ4v) is 2.84. The van der Waals surface area contributed by atoms with Crippen LogP contribution in [0, 0.1) is 6.92 Å². The van der Waals surface area contributed by atoms with Crippen LogP contribution in [-0.2, 0) is 9.53 Å². The van der Waals surface area contributed by atoms with Gasteiger partial charge in [-0.25, -0.2) is 9.66 Å². The third-order valence-corrected chi connectivity index (χ3v) is 4.02. The number of nitrogens with one attached hydrogen (secondary N) is 1. The maximum absolute atomic E-state index is 12.7. The lowest BCUT2D eigenvalue weighted by atomic mass is 10.2. The maximum atomic E-state index is 12.7. The third-order valence-electron chi connectivity index (χ3n) is 3.30. The van der Waals surface area contributed by atoms with Crippen molar-refractivity contribution < 1.29 is 9.53 Å². The number of hydrogen-bond donors (Lipinski definition) is 1. The van der Waals surface area contributed by atoms with Crippen molar-refractivity contribution in [2.75, 3.05) is 24.9 Å². The molecule has 0 spiro atoms. The molecule has 0 fully saturated rings. The van der Waals surface area contributed by atoms with Gasteiger partial charge >= 0.3 is 0 Å². The van der Waals surface area contributed by atoms with E-state index in [0.717, 1.165) is 5.75 Å². The van der Waals surface area contributed by atoms with Crippen LogP contribution in [0.25, 0.3) is 16.7 Å². The lowest BCUT2D eigenvalue weighted by Crippen LogP contribution is -2.36. The summed E-state index contributed by atoms with van der Waals surface area (Å²) in [5.74, 6) is 0.850. The van der Waals surface area contributed by atoms with Gasteiger partial charge in [-0.3, -0.25) is 15.0 Å². The van der Waals surface area contributed by atoms with Gasteiger partial charge in [0.1, 0.15) is 6.61 Å². The van der Waals surface area contributed by atoms with Crippen LogP contribution >= 0.6 is 11.8 Å². The SMILES string of the molecule is CCSc1nc2ncc3c(=O)n(NC(=O)COC)c(C)cc3n2n1. The highest BCUT2D eigenvalue weighted by atomic mass is 32.2. The summed E-state index contributed by atoms with van der Waals surface area (Å²) in [6.07, 6.45) is 1.44. The Morgan fingerprint density at radius 2 is 2.25 bits per heavy atom. The van der Waals surface area contributed by atoms with Gasteiger partial charge in [0.2, 0.25) is 5.16 Å². The highest BCUT2D eigenvalue weighted by molar-refractivity contribution is 7.99. The van der Waals surface area contributed by atoms with E-state index in [-0.39, 0.29) is 12.2 Å². The molecule has 3 rings (SSSR count). The molecule has 0 radical (unpaired) electrons. The van der Waals surface area contributed by atoms with Crippen LogP contribution in [0.4, 0.5) is 0 Å². The predicted molar refractivity (Wildman–Crippen MR) is 89.9 cm³/mol. The normalized spacial score (nSPS) is 11.3. The van der Waals surface area contributed by atoms with E-state index in [0.29, 0.717) is 27.5 Å². The first-order valence-corrected chi connectivity index (χ1v) is 8.23. The van der Waals surface area contributed by atoms with Crippen molar-refractivity contribution in [1.29, 1.82) is 0 Å². The zero-order chi connectivity index (χ0) is 17.3. The minimum Gasteiger partial charge on any atom is -0.375 e. The number of carbonyl (C=O) groups is 1. The summed E-state index contributed by atoms with van der Waals surface area (Å²) < 4.78 is 7.48. The number of rotatable bonds is 5. The monoisotopic (exact) mass is 348 g/mol. The average molecular weight is 348 g/mol. The molecule has 0 saturated carbocycles. The lowest BCUT2D eigenvalue weighted by molar-refractivity contribution is -0.120. The molecule has 1 amide bonds. The van der Waals surface area contributed by atoms with E-state index in [9.17, 15) is 9.59 Å². The van der Waals surface area contributed by atoms with E-state index in [2.05, 4.69) is 20.5 Å². The number of methoxy groups -OCH3 is 1. The minimum absolute atomic E-state index is 0.137. The largest absolute Gasteiger partial charge is 0.375 e. The average Bonchev–Trinajstić information content (AvgIpc) is 2.95. The third kappa shape index (κ3) is 2.85. The second kappa shape index (κ2) is 6.57. The summed E-state index contributed by atoms with van der Waals surface area (Å²) in [4.78, 5) is 32.9. The van der Waals surface area contributed by atoms with Gasteiger partial charge in [0, 0.05) is 19.0 Å². The Hall–Kier alpha value is -2.46. The van der Waals surface area contributed by atoms with Crippen LogP contribution in [0.15, 0.2) is 22.2 Å². The fourth-order valence-electron chi connectivity index (χ4n) is 2.30. The van der Waals surface area contributed by atoms with Gasteiger partial charge in [0.15, 0.2) is 0 Å². The predicted octanol–water partition coefficient (Wildman–Crippen LogP) is 0.576. The molecule has 3 aromatic rings. The van der Waals surface area contributed by atoms with Gasteiger partial charge in [-0.2, -0.15) is 9.50 Å². The number of nitrogens with zero attached hydrogens (tertiary/aromatic N) is 5. The molecule has 9 nitrogen and oxygen atoms in total. The molecule has 3 aromatic heterocycles. The summed E-state index contributed by atoms with van der Waals surface area (Å²) in [6, 6.07) is 1.76. The van der Waals surface area contributed by atoms with Crippen LogP contribution < -0.4 is 11.0 Å². The molecule has 0 bridgehead atoms. The number of aryl methyl sites for hydroxylation is 1. The minimum atomic E-state index is -0.418. The first-order chi connectivity index (χ1) is 11.5. The summed E-state index contributed by atoms with van der Waals surface area (Å²) in [7, 11) is 1.41. The zero-order valence-electron chi connectivity index (χ0n) is 13.4. The quantitative estimate of drug-likeness (QED) is 0.673. The first kappa shape index (κ1) is 16.4. The van der Waals surface area contributed by atoms with Crippen LogP contribution in [-0.4, -0.2) is 49.6 Å². The van der Waals surface area contributed by atoms with Crippen molar-refractivity contribution in [2.45, 2.75) is 19.0 Å². The Kier molecular flexibility index (Phi) is 4.49. The Bertz CT molecular complexity index is 980. The van der Waals surface area contributed by atoms with E-state index < -0.39 is 5.91 Å². The van der Waals surface area contributed by atoms with E-state index in [1.54, 1.807) is 17.5 Å². The summed E-state index contributed by atoms with van der Waals surface area (Å²) in [5, 5.41) is 5.32. The van der Waals surface area contributed by atoms with Crippen molar-refractivity contribution in [3.05, 3.63) is 28.3 Å². The Balaban J connectivity index is 2.17. The Morgan fingerprint density at radius 1 is 1.46 bits per heavy atom. The van der Waals surface area contributed by atoms with Crippen LogP contribution in [0.2, 0.25) is 0 Å². The molecule has 0 atom stereocenters. The van der Waals surface area contributed by atoms with E-state index in [4.69, 9.17) is 4.74 Å². The van der Waals surface area contributed by atoms with Gasteiger partial charge in [-0.1, -0.05) is 18.7 Å². The Morgan fingerprint density at radius 3 is 2.96 bits per heavy atom. The van der Waals surface area contributed by atoms with Gasteiger partial charge in [-0.15, -0.1) is 5.10 Å². The summed E-state index contributed by atoms with van der Waals surface area (Å²) in [6.45, 7) is 3.59. The molecule has 0 aromatic carbocycles. The van der Waals surface area contributed by atoms with Crippen molar-refractivity contribution in [2.24, 2.45) is 0 Å². The molecule has 1 N–H and O–H groups in total.